The van der Waals surface area contributed by atoms with E-state index in [2.05, 4.69) is 11.6 Å². The first-order chi connectivity index (χ1) is 19.5. The lowest BCUT2D eigenvalue weighted by molar-refractivity contribution is -0.139. The van der Waals surface area contributed by atoms with E-state index in [1.165, 1.54) is 11.3 Å². The van der Waals surface area contributed by atoms with Crippen molar-refractivity contribution < 1.29 is 14.3 Å². The first-order valence-electron chi connectivity index (χ1n) is 13.1. The van der Waals surface area contributed by atoms with Crippen molar-refractivity contribution in [2.24, 2.45) is 4.99 Å². The Morgan fingerprint density at radius 2 is 1.80 bits per heavy atom. The summed E-state index contributed by atoms with van der Waals surface area (Å²) in [7, 11) is 0. The highest BCUT2D eigenvalue weighted by molar-refractivity contribution is 7.07. The van der Waals surface area contributed by atoms with Crippen LogP contribution in [-0.4, -0.2) is 17.1 Å². The van der Waals surface area contributed by atoms with Gasteiger partial charge in [0.1, 0.15) is 12.4 Å². The van der Waals surface area contributed by atoms with Gasteiger partial charge >= 0.3 is 5.97 Å². The fourth-order valence-corrected chi connectivity index (χ4v) is 5.82. The molecule has 1 aliphatic rings. The Labute approximate surface area is 236 Å². The van der Waals surface area contributed by atoms with Crippen LogP contribution in [0.15, 0.2) is 113 Å². The van der Waals surface area contributed by atoms with Crippen LogP contribution < -0.4 is 19.6 Å². The highest BCUT2D eigenvalue weighted by Crippen LogP contribution is 2.30. The van der Waals surface area contributed by atoms with Gasteiger partial charge in [-0.1, -0.05) is 84.1 Å². The molecule has 7 heteroatoms. The molecule has 0 spiro atoms. The van der Waals surface area contributed by atoms with Crippen LogP contribution in [-0.2, 0) is 22.6 Å². The summed E-state index contributed by atoms with van der Waals surface area (Å²) in [6.07, 6.45) is 4.33. The van der Waals surface area contributed by atoms with Gasteiger partial charge in [-0.2, -0.15) is 0 Å². The van der Waals surface area contributed by atoms with Crippen molar-refractivity contribution in [2.75, 3.05) is 6.61 Å². The van der Waals surface area contributed by atoms with Gasteiger partial charge in [0.25, 0.3) is 5.56 Å². The fourth-order valence-electron chi connectivity index (χ4n) is 4.77. The molecule has 0 radical (unpaired) electrons. The van der Waals surface area contributed by atoms with E-state index in [4.69, 9.17) is 9.47 Å². The average molecular weight is 551 g/mol. The quantitative estimate of drug-likeness (QED) is 0.215. The van der Waals surface area contributed by atoms with Crippen LogP contribution in [0.4, 0.5) is 0 Å². The number of ether oxygens (including phenoxy) is 2. The number of rotatable bonds is 9. The van der Waals surface area contributed by atoms with Gasteiger partial charge in [-0.05, 0) is 60.7 Å². The molecule has 0 aliphatic carbocycles. The number of esters is 1. The van der Waals surface area contributed by atoms with Crippen LogP contribution in [0.3, 0.4) is 0 Å². The molecule has 2 heterocycles. The van der Waals surface area contributed by atoms with Gasteiger partial charge in [-0.3, -0.25) is 9.36 Å². The average Bonchev–Trinajstić information content (AvgIpc) is 3.27. The van der Waals surface area contributed by atoms with Crippen molar-refractivity contribution in [3.8, 4) is 5.75 Å². The Morgan fingerprint density at radius 1 is 1.07 bits per heavy atom. The van der Waals surface area contributed by atoms with E-state index in [0.29, 0.717) is 33.6 Å². The third-order valence-corrected chi connectivity index (χ3v) is 7.60. The molecular formula is C33H30N2O4S. The number of allylic oxidation sites excluding steroid dienone is 2. The minimum absolute atomic E-state index is 0.207. The molecule has 1 aromatic heterocycles. The zero-order valence-corrected chi connectivity index (χ0v) is 23.3. The van der Waals surface area contributed by atoms with E-state index in [1.807, 2.05) is 91.0 Å². The third-order valence-electron chi connectivity index (χ3n) is 6.62. The molecule has 0 saturated heterocycles. The minimum atomic E-state index is -0.622. The van der Waals surface area contributed by atoms with Gasteiger partial charge in [0.15, 0.2) is 4.80 Å². The fraction of sp³-hybridized carbons (Fsp3) is 0.182. The molecule has 0 unspecified atom stereocenters. The first-order valence-corrected chi connectivity index (χ1v) is 14.0. The lowest BCUT2D eigenvalue weighted by atomic mass is 9.96. The van der Waals surface area contributed by atoms with Crippen molar-refractivity contribution >= 4 is 23.4 Å². The highest BCUT2D eigenvalue weighted by Gasteiger charge is 2.33. The van der Waals surface area contributed by atoms with E-state index in [0.717, 1.165) is 28.0 Å². The molecule has 5 rings (SSSR count). The van der Waals surface area contributed by atoms with Gasteiger partial charge in [-0.25, -0.2) is 9.79 Å². The summed E-state index contributed by atoms with van der Waals surface area (Å²) in [5, 5.41) is 0. The second-order valence-corrected chi connectivity index (χ2v) is 10.4. The topological polar surface area (TPSA) is 69.9 Å². The molecule has 3 aromatic carbocycles. The largest absolute Gasteiger partial charge is 0.489 e. The molecule has 0 saturated carbocycles. The van der Waals surface area contributed by atoms with Crippen LogP contribution >= 0.6 is 11.3 Å². The van der Waals surface area contributed by atoms with E-state index >= 15 is 0 Å². The Kier molecular flexibility index (Phi) is 8.22. The van der Waals surface area contributed by atoms with Crippen LogP contribution in [0.1, 0.15) is 42.1 Å². The molecule has 4 aromatic rings. The van der Waals surface area contributed by atoms with Crippen molar-refractivity contribution in [1.29, 1.82) is 0 Å². The number of thiazole rings is 1. The maximum absolute atomic E-state index is 13.8. The Balaban J connectivity index is 1.56. The molecular weight excluding hydrogens is 520 g/mol. The van der Waals surface area contributed by atoms with Crippen LogP contribution in [0.2, 0.25) is 0 Å². The maximum atomic E-state index is 13.8. The van der Waals surface area contributed by atoms with Crippen molar-refractivity contribution in [1.82, 2.24) is 4.57 Å². The molecule has 0 N–H and O–H groups in total. The summed E-state index contributed by atoms with van der Waals surface area (Å²) < 4.78 is 13.6. The molecule has 0 amide bonds. The molecule has 1 aliphatic heterocycles. The van der Waals surface area contributed by atoms with E-state index in [-0.39, 0.29) is 12.2 Å². The lowest BCUT2D eigenvalue weighted by Gasteiger charge is -2.24. The number of carbonyl (C=O) groups excluding carboxylic acids is 1. The van der Waals surface area contributed by atoms with Gasteiger partial charge in [0.2, 0.25) is 0 Å². The summed E-state index contributed by atoms with van der Waals surface area (Å²) in [6.45, 7) is 8.14. The summed E-state index contributed by atoms with van der Waals surface area (Å²) in [5.41, 5.74) is 4.47. The normalized spacial score (nSPS) is 14.8. The number of aromatic nitrogens is 1. The number of fused-ring (bicyclic) bond motifs is 1. The summed E-state index contributed by atoms with van der Waals surface area (Å²) in [6, 6.07) is 24.8. The van der Waals surface area contributed by atoms with Gasteiger partial charge in [0, 0.05) is 0 Å². The predicted octanol–water partition coefficient (Wildman–Crippen LogP) is 5.11. The van der Waals surface area contributed by atoms with Crippen LogP contribution in [0.5, 0.6) is 5.75 Å². The smallest absolute Gasteiger partial charge is 0.338 e. The van der Waals surface area contributed by atoms with E-state index in [9.17, 15) is 9.59 Å². The standard InChI is InChI=1S/C33H30N2O4S/c1-4-12-26-19-24(17-18-27(26)39-21-23-13-8-6-9-14-23)20-28-31(36)35-30(25-15-10-7-11-16-25)29(32(37)38-5-2)22(3)34-33(35)40-28/h4,6-11,13-20,30H,1,5,12,21H2,2-3H3/b28-20+/t30-/m1/s1. The molecule has 1 atom stereocenters. The Hall–Kier alpha value is -4.49. The number of carbonyl (C=O) groups is 1. The van der Waals surface area contributed by atoms with Crippen LogP contribution in [0.25, 0.3) is 6.08 Å². The zero-order chi connectivity index (χ0) is 28.1. The molecule has 0 fully saturated rings. The van der Waals surface area contributed by atoms with Gasteiger partial charge in [-0.15, -0.1) is 6.58 Å². The number of hydrogen-bond donors (Lipinski definition) is 0. The van der Waals surface area contributed by atoms with Crippen LogP contribution in [0, 0.1) is 0 Å². The SMILES string of the molecule is C=CCc1cc(/C=c2/sc3n(c2=O)[C@H](c2ccccc2)C(C(=O)OCC)=C(C)N=3)ccc1OCc1ccccc1. The van der Waals surface area contributed by atoms with Gasteiger partial charge in [0.05, 0.1) is 28.5 Å². The Morgan fingerprint density at radius 3 is 2.50 bits per heavy atom. The minimum Gasteiger partial charge on any atom is -0.489 e. The third kappa shape index (κ3) is 5.60. The monoisotopic (exact) mass is 550 g/mol. The predicted molar refractivity (Wildman–Crippen MR) is 158 cm³/mol. The summed E-state index contributed by atoms with van der Waals surface area (Å²) >= 11 is 1.31. The molecule has 6 nitrogen and oxygen atoms in total. The van der Waals surface area contributed by atoms with Crippen molar-refractivity contribution in [3.63, 3.8) is 0 Å². The maximum Gasteiger partial charge on any atom is 0.338 e. The lowest BCUT2D eigenvalue weighted by Crippen LogP contribution is -2.39. The van der Waals surface area contributed by atoms with E-state index in [1.54, 1.807) is 18.4 Å². The Bertz CT molecular complexity index is 1750. The van der Waals surface area contributed by atoms with Crippen molar-refractivity contribution in [3.05, 3.63) is 145 Å². The number of benzene rings is 3. The summed E-state index contributed by atoms with van der Waals surface area (Å²) in [5.74, 6) is 0.313. The highest BCUT2D eigenvalue weighted by atomic mass is 32.1. The van der Waals surface area contributed by atoms with Crippen molar-refractivity contribution in [2.45, 2.75) is 32.9 Å². The number of nitrogens with zero attached hydrogens (tertiary/aromatic N) is 2. The van der Waals surface area contributed by atoms with Gasteiger partial charge < -0.3 is 9.47 Å². The number of hydrogen-bond acceptors (Lipinski definition) is 6. The zero-order valence-electron chi connectivity index (χ0n) is 22.5. The summed E-state index contributed by atoms with van der Waals surface area (Å²) in [4.78, 5) is 32.0. The second kappa shape index (κ2) is 12.1. The first kappa shape index (κ1) is 27.1. The molecule has 0 bridgehead atoms. The molecule has 40 heavy (non-hydrogen) atoms. The second-order valence-electron chi connectivity index (χ2n) is 9.35. The van der Waals surface area contributed by atoms with E-state index < -0.39 is 12.0 Å². The molecule has 202 valence electrons.